The number of hydrogen-bond acceptors (Lipinski definition) is 3. The third-order valence-corrected chi connectivity index (χ3v) is 1.89. The highest BCUT2D eigenvalue weighted by atomic mass is 16.5. The van der Waals surface area contributed by atoms with Crippen LogP contribution in [0.25, 0.3) is 0 Å². The Balaban J connectivity index is 2.17. The highest BCUT2D eigenvalue weighted by Gasteiger charge is 2.19. The SMILES string of the molecule is C=CCCNC(=O)C1COCCN1. The molecule has 0 aliphatic carbocycles. The van der Waals surface area contributed by atoms with Gasteiger partial charge in [-0.1, -0.05) is 6.08 Å². The average molecular weight is 184 g/mol. The normalized spacial score (nSPS) is 22.3. The number of ether oxygens (including phenoxy) is 1. The van der Waals surface area contributed by atoms with Gasteiger partial charge in [0.05, 0.1) is 13.2 Å². The zero-order chi connectivity index (χ0) is 9.52. The van der Waals surface area contributed by atoms with E-state index in [0.717, 1.165) is 13.0 Å². The Morgan fingerprint density at radius 3 is 3.23 bits per heavy atom. The van der Waals surface area contributed by atoms with Gasteiger partial charge >= 0.3 is 0 Å². The van der Waals surface area contributed by atoms with Crippen molar-refractivity contribution in [1.82, 2.24) is 10.6 Å². The van der Waals surface area contributed by atoms with Crippen LogP contribution in [0.1, 0.15) is 6.42 Å². The second-order valence-electron chi connectivity index (χ2n) is 2.95. The van der Waals surface area contributed by atoms with Gasteiger partial charge in [-0.3, -0.25) is 4.79 Å². The molecule has 1 saturated heterocycles. The van der Waals surface area contributed by atoms with E-state index in [9.17, 15) is 4.79 Å². The summed E-state index contributed by atoms with van der Waals surface area (Å²) in [5.41, 5.74) is 0. The van der Waals surface area contributed by atoms with Crippen molar-refractivity contribution in [3.05, 3.63) is 12.7 Å². The first kappa shape index (κ1) is 10.2. The van der Waals surface area contributed by atoms with Gasteiger partial charge in [-0.15, -0.1) is 6.58 Å². The highest BCUT2D eigenvalue weighted by Crippen LogP contribution is 1.92. The van der Waals surface area contributed by atoms with Crippen molar-refractivity contribution in [3.63, 3.8) is 0 Å². The van der Waals surface area contributed by atoms with E-state index in [1.165, 1.54) is 0 Å². The minimum atomic E-state index is -0.182. The quantitative estimate of drug-likeness (QED) is 0.464. The molecule has 1 aliphatic rings. The molecule has 0 aromatic rings. The molecule has 74 valence electrons. The standard InChI is InChI=1S/C9H16N2O2/c1-2-3-4-11-9(12)8-7-13-6-5-10-8/h2,8,10H,1,3-7H2,(H,11,12). The summed E-state index contributed by atoms with van der Waals surface area (Å²) in [7, 11) is 0. The molecule has 0 spiro atoms. The van der Waals surface area contributed by atoms with Gasteiger partial charge in [0.1, 0.15) is 6.04 Å². The average Bonchev–Trinajstić information content (AvgIpc) is 2.19. The topological polar surface area (TPSA) is 50.4 Å². The van der Waals surface area contributed by atoms with E-state index in [1.54, 1.807) is 6.08 Å². The molecule has 13 heavy (non-hydrogen) atoms. The number of carbonyl (C=O) groups excluding carboxylic acids is 1. The lowest BCUT2D eigenvalue weighted by Gasteiger charge is -2.22. The molecule has 1 amide bonds. The zero-order valence-corrected chi connectivity index (χ0v) is 7.71. The molecule has 1 heterocycles. The molecule has 1 unspecified atom stereocenters. The summed E-state index contributed by atoms with van der Waals surface area (Å²) >= 11 is 0. The summed E-state index contributed by atoms with van der Waals surface area (Å²) in [6, 6.07) is -0.182. The van der Waals surface area contributed by atoms with Crippen molar-refractivity contribution in [1.29, 1.82) is 0 Å². The molecular formula is C9H16N2O2. The van der Waals surface area contributed by atoms with Gasteiger partial charge in [-0.2, -0.15) is 0 Å². The van der Waals surface area contributed by atoms with E-state index in [1.807, 2.05) is 0 Å². The zero-order valence-electron chi connectivity index (χ0n) is 7.71. The Morgan fingerprint density at radius 1 is 1.77 bits per heavy atom. The van der Waals surface area contributed by atoms with Crippen LogP contribution in [0.3, 0.4) is 0 Å². The van der Waals surface area contributed by atoms with Gasteiger partial charge in [0, 0.05) is 13.1 Å². The molecule has 4 heteroatoms. The van der Waals surface area contributed by atoms with E-state index in [0.29, 0.717) is 19.8 Å². The lowest BCUT2D eigenvalue weighted by atomic mass is 10.2. The third kappa shape index (κ3) is 3.57. The fourth-order valence-electron chi connectivity index (χ4n) is 1.15. The summed E-state index contributed by atoms with van der Waals surface area (Å²) in [5.74, 6) is 0.0153. The Morgan fingerprint density at radius 2 is 2.62 bits per heavy atom. The Kier molecular flexibility index (Phi) is 4.49. The largest absolute Gasteiger partial charge is 0.378 e. The van der Waals surface area contributed by atoms with Gasteiger partial charge in [0.15, 0.2) is 0 Å². The number of amides is 1. The van der Waals surface area contributed by atoms with Crippen LogP contribution in [0.4, 0.5) is 0 Å². The second-order valence-corrected chi connectivity index (χ2v) is 2.95. The van der Waals surface area contributed by atoms with E-state index >= 15 is 0 Å². The van der Waals surface area contributed by atoms with E-state index < -0.39 is 0 Å². The first-order valence-corrected chi connectivity index (χ1v) is 4.54. The number of hydrogen-bond donors (Lipinski definition) is 2. The highest BCUT2D eigenvalue weighted by molar-refractivity contribution is 5.81. The minimum absolute atomic E-state index is 0.0153. The second kappa shape index (κ2) is 5.72. The fraction of sp³-hybridized carbons (Fsp3) is 0.667. The predicted octanol–water partition coefficient (Wildman–Crippen LogP) is -0.333. The molecule has 1 aliphatic heterocycles. The maximum absolute atomic E-state index is 11.4. The predicted molar refractivity (Wildman–Crippen MR) is 50.4 cm³/mol. The van der Waals surface area contributed by atoms with Crippen LogP contribution >= 0.6 is 0 Å². The van der Waals surface area contributed by atoms with Crippen molar-refractivity contribution >= 4 is 5.91 Å². The first-order valence-electron chi connectivity index (χ1n) is 4.54. The summed E-state index contributed by atoms with van der Waals surface area (Å²) in [6.45, 7) is 6.14. The number of morpholine rings is 1. The van der Waals surface area contributed by atoms with Crippen LogP contribution in [0.2, 0.25) is 0 Å². The van der Waals surface area contributed by atoms with Crippen molar-refractivity contribution < 1.29 is 9.53 Å². The van der Waals surface area contributed by atoms with E-state index in [4.69, 9.17) is 4.74 Å². The maximum Gasteiger partial charge on any atom is 0.239 e. The van der Waals surface area contributed by atoms with Gasteiger partial charge in [0.25, 0.3) is 0 Å². The van der Waals surface area contributed by atoms with E-state index in [2.05, 4.69) is 17.2 Å². The monoisotopic (exact) mass is 184 g/mol. The van der Waals surface area contributed by atoms with Gasteiger partial charge in [0.2, 0.25) is 5.91 Å². The number of nitrogens with one attached hydrogen (secondary N) is 2. The summed E-state index contributed by atoms with van der Waals surface area (Å²) in [5, 5.41) is 5.88. The molecule has 1 atom stereocenters. The molecule has 1 rings (SSSR count). The van der Waals surface area contributed by atoms with Gasteiger partial charge in [-0.25, -0.2) is 0 Å². The van der Waals surface area contributed by atoms with Crippen molar-refractivity contribution in [2.24, 2.45) is 0 Å². The third-order valence-electron chi connectivity index (χ3n) is 1.89. The fourth-order valence-corrected chi connectivity index (χ4v) is 1.15. The Bertz CT molecular complexity index is 176. The van der Waals surface area contributed by atoms with Crippen LogP contribution < -0.4 is 10.6 Å². The summed E-state index contributed by atoms with van der Waals surface area (Å²) < 4.78 is 5.17. The molecule has 0 bridgehead atoms. The molecular weight excluding hydrogens is 168 g/mol. The van der Waals surface area contributed by atoms with Crippen LogP contribution in [-0.2, 0) is 9.53 Å². The summed E-state index contributed by atoms with van der Waals surface area (Å²) in [6.07, 6.45) is 2.59. The smallest absolute Gasteiger partial charge is 0.239 e. The lowest BCUT2D eigenvalue weighted by Crippen LogP contribution is -2.51. The lowest BCUT2D eigenvalue weighted by molar-refractivity contribution is -0.125. The van der Waals surface area contributed by atoms with Gasteiger partial charge < -0.3 is 15.4 Å². The van der Waals surface area contributed by atoms with Gasteiger partial charge in [-0.05, 0) is 6.42 Å². The molecule has 0 radical (unpaired) electrons. The van der Waals surface area contributed by atoms with Crippen molar-refractivity contribution in [2.45, 2.75) is 12.5 Å². The summed E-state index contributed by atoms with van der Waals surface area (Å²) in [4.78, 5) is 11.4. The van der Waals surface area contributed by atoms with E-state index in [-0.39, 0.29) is 11.9 Å². The van der Waals surface area contributed by atoms with Crippen molar-refractivity contribution in [2.75, 3.05) is 26.3 Å². The molecule has 2 N–H and O–H groups in total. The Labute approximate surface area is 78.3 Å². The van der Waals surface area contributed by atoms with Crippen LogP contribution in [-0.4, -0.2) is 38.3 Å². The maximum atomic E-state index is 11.4. The molecule has 0 aromatic carbocycles. The first-order chi connectivity index (χ1) is 6.34. The molecule has 0 aromatic heterocycles. The Hall–Kier alpha value is -0.870. The number of rotatable bonds is 4. The minimum Gasteiger partial charge on any atom is -0.378 e. The van der Waals surface area contributed by atoms with Crippen LogP contribution in [0.5, 0.6) is 0 Å². The molecule has 1 fully saturated rings. The van der Waals surface area contributed by atoms with Crippen LogP contribution in [0, 0.1) is 0 Å². The molecule has 0 saturated carbocycles. The molecule has 4 nitrogen and oxygen atoms in total. The van der Waals surface area contributed by atoms with Crippen molar-refractivity contribution in [3.8, 4) is 0 Å². The van der Waals surface area contributed by atoms with Crippen LogP contribution in [0.15, 0.2) is 12.7 Å². The number of carbonyl (C=O) groups is 1.